The van der Waals surface area contributed by atoms with E-state index < -0.39 is 5.97 Å². The van der Waals surface area contributed by atoms with E-state index in [2.05, 4.69) is 52.8 Å². The number of carboxylic acid groups (broad SMARTS) is 1. The number of fused-ring (bicyclic) bond motifs is 2. The number of rotatable bonds is 6. The number of aromatic nitrogens is 1. The van der Waals surface area contributed by atoms with E-state index in [9.17, 15) is 14.7 Å². The largest absolute Gasteiger partial charge is 0.478 e. The molecule has 0 unspecified atom stereocenters. The predicted molar refractivity (Wildman–Crippen MR) is 148 cm³/mol. The van der Waals surface area contributed by atoms with Gasteiger partial charge in [0.2, 0.25) is 5.91 Å². The molecular weight excluding hydrogens is 462 g/mol. The molecule has 1 aliphatic rings. The molecule has 2 N–H and O–H groups in total. The van der Waals surface area contributed by atoms with E-state index in [4.69, 9.17) is 0 Å². The van der Waals surface area contributed by atoms with Crippen molar-refractivity contribution < 1.29 is 14.7 Å². The van der Waals surface area contributed by atoms with Crippen LogP contribution >= 0.6 is 0 Å². The normalized spacial score (nSPS) is 12.7. The molecule has 6 heteroatoms. The van der Waals surface area contributed by atoms with E-state index >= 15 is 0 Å². The van der Waals surface area contributed by atoms with Gasteiger partial charge in [0.15, 0.2) is 0 Å². The fourth-order valence-electron chi connectivity index (χ4n) is 4.81. The van der Waals surface area contributed by atoms with E-state index in [0.29, 0.717) is 18.8 Å². The fourth-order valence-corrected chi connectivity index (χ4v) is 4.81. The van der Waals surface area contributed by atoms with E-state index in [1.165, 1.54) is 16.8 Å². The molecular formula is C31H31N3O3. The zero-order chi connectivity index (χ0) is 26.2. The number of carbonyl (C=O) groups is 2. The first-order valence-corrected chi connectivity index (χ1v) is 12.6. The molecule has 0 radical (unpaired) electrons. The second kappa shape index (κ2) is 9.69. The molecule has 3 aromatic carbocycles. The van der Waals surface area contributed by atoms with Gasteiger partial charge in [-0.3, -0.25) is 9.69 Å². The Bertz CT molecular complexity index is 1490. The van der Waals surface area contributed by atoms with Gasteiger partial charge in [0.25, 0.3) is 0 Å². The molecule has 4 aromatic rings. The fraction of sp³-hybridized carbons (Fsp3) is 0.258. The van der Waals surface area contributed by atoms with Crippen LogP contribution in [0.25, 0.3) is 21.9 Å². The standard InChI is InChI=1S/C31H31N3O3/c1-31(2,3)18-28(35)34(29-26-10-8-25(30(36)37)17-23(26)12-15-33-29)19-20-4-6-21(7-5-20)22-9-11-27-24(16-22)13-14-32-27/h4-12,15-17,32H,13-14,18-19H2,1-3H3,(H,36,37). The van der Waals surface area contributed by atoms with Gasteiger partial charge in [-0.15, -0.1) is 0 Å². The number of aromatic carboxylic acids is 1. The van der Waals surface area contributed by atoms with E-state index in [1.54, 1.807) is 35.4 Å². The number of amides is 1. The van der Waals surface area contributed by atoms with Crippen molar-refractivity contribution >= 4 is 34.2 Å². The van der Waals surface area contributed by atoms with Gasteiger partial charge in [-0.2, -0.15) is 0 Å². The maximum absolute atomic E-state index is 13.6. The maximum atomic E-state index is 13.6. The molecule has 0 saturated carbocycles. The lowest BCUT2D eigenvalue weighted by molar-refractivity contribution is -0.120. The summed E-state index contributed by atoms with van der Waals surface area (Å²) in [6, 6.07) is 21.5. The number of hydrogen-bond acceptors (Lipinski definition) is 4. The lowest BCUT2D eigenvalue weighted by atomic mass is 9.91. The van der Waals surface area contributed by atoms with Gasteiger partial charge >= 0.3 is 5.97 Å². The van der Waals surface area contributed by atoms with Crippen LogP contribution in [0.15, 0.2) is 72.9 Å². The number of pyridine rings is 1. The Labute approximate surface area is 217 Å². The highest BCUT2D eigenvalue weighted by Gasteiger charge is 2.25. The molecule has 0 saturated heterocycles. The van der Waals surface area contributed by atoms with E-state index in [-0.39, 0.29) is 16.9 Å². The number of nitrogens with zero attached hydrogens (tertiary/aromatic N) is 2. The Hall–Kier alpha value is -4.19. The highest BCUT2D eigenvalue weighted by molar-refractivity contribution is 6.04. The highest BCUT2D eigenvalue weighted by atomic mass is 16.4. The number of hydrogen-bond donors (Lipinski definition) is 2. The zero-order valence-corrected chi connectivity index (χ0v) is 21.4. The van der Waals surface area contributed by atoms with Crippen molar-refractivity contribution in [1.29, 1.82) is 0 Å². The van der Waals surface area contributed by atoms with Crippen molar-refractivity contribution in [2.75, 3.05) is 16.8 Å². The Morgan fingerprint density at radius 3 is 2.46 bits per heavy atom. The molecule has 0 bridgehead atoms. The summed E-state index contributed by atoms with van der Waals surface area (Å²) in [6.07, 6.45) is 3.03. The number of carbonyl (C=O) groups excluding carboxylic acids is 1. The Balaban J connectivity index is 1.48. The summed E-state index contributed by atoms with van der Waals surface area (Å²) >= 11 is 0. The predicted octanol–water partition coefficient (Wildman–Crippen LogP) is 6.54. The Kier molecular flexibility index (Phi) is 6.42. The Morgan fingerprint density at radius 1 is 0.973 bits per heavy atom. The smallest absolute Gasteiger partial charge is 0.335 e. The summed E-state index contributed by atoms with van der Waals surface area (Å²) in [4.78, 5) is 31.3. The van der Waals surface area contributed by atoms with Crippen LogP contribution in [0, 0.1) is 5.41 Å². The molecule has 0 aliphatic carbocycles. The van der Waals surface area contributed by atoms with Gasteiger partial charge in [-0.05, 0) is 75.9 Å². The summed E-state index contributed by atoms with van der Waals surface area (Å²) in [6.45, 7) is 7.48. The second-order valence-corrected chi connectivity index (χ2v) is 10.8. The second-order valence-electron chi connectivity index (χ2n) is 10.8. The monoisotopic (exact) mass is 493 g/mol. The quantitative estimate of drug-likeness (QED) is 0.319. The molecule has 1 amide bonds. The molecule has 0 spiro atoms. The molecule has 2 heterocycles. The molecule has 6 nitrogen and oxygen atoms in total. The van der Waals surface area contributed by atoms with Crippen LogP contribution in [0.5, 0.6) is 0 Å². The van der Waals surface area contributed by atoms with Crippen molar-refractivity contribution in [1.82, 2.24) is 4.98 Å². The molecule has 0 fully saturated rings. The average Bonchev–Trinajstić information content (AvgIpc) is 3.34. The molecule has 1 aromatic heterocycles. The molecule has 1 aliphatic heterocycles. The molecule has 37 heavy (non-hydrogen) atoms. The van der Waals surface area contributed by atoms with Gasteiger partial charge in [0.1, 0.15) is 5.82 Å². The minimum Gasteiger partial charge on any atom is -0.478 e. The first kappa shape index (κ1) is 24.5. The summed E-state index contributed by atoms with van der Waals surface area (Å²) < 4.78 is 0. The van der Waals surface area contributed by atoms with Crippen molar-refractivity contribution in [3.05, 3.63) is 89.6 Å². The number of nitrogens with one attached hydrogen (secondary N) is 1. The molecule has 0 atom stereocenters. The first-order valence-electron chi connectivity index (χ1n) is 12.6. The minimum atomic E-state index is -0.986. The van der Waals surface area contributed by atoms with Crippen LogP contribution in [0.1, 0.15) is 48.7 Å². The van der Waals surface area contributed by atoms with Gasteiger partial charge in [-0.25, -0.2) is 9.78 Å². The van der Waals surface area contributed by atoms with Crippen LogP contribution in [-0.2, 0) is 17.8 Å². The summed E-state index contributed by atoms with van der Waals surface area (Å²) in [5, 5.41) is 14.3. The number of benzene rings is 3. The summed E-state index contributed by atoms with van der Waals surface area (Å²) in [5.41, 5.74) is 5.88. The van der Waals surface area contributed by atoms with Crippen LogP contribution in [-0.4, -0.2) is 28.5 Å². The number of carboxylic acids is 1. The average molecular weight is 494 g/mol. The van der Waals surface area contributed by atoms with Crippen LogP contribution in [0.2, 0.25) is 0 Å². The van der Waals surface area contributed by atoms with Crippen LogP contribution < -0.4 is 10.2 Å². The SMILES string of the molecule is CC(C)(C)CC(=O)N(Cc1ccc(-c2ccc3c(c2)CCN3)cc1)c1nccc2cc(C(=O)O)ccc12. The van der Waals surface area contributed by atoms with Gasteiger partial charge in [0.05, 0.1) is 12.1 Å². The van der Waals surface area contributed by atoms with Gasteiger partial charge < -0.3 is 10.4 Å². The lowest BCUT2D eigenvalue weighted by Crippen LogP contribution is -2.34. The molecule has 188 valence electrons. The summed E-state index contributed by atoms with van der Waals surface area (Å²) in [5.74, 6) is -0.468. The molecule has 5 rings (SSSR count). The summed E-state index contributed by atoms with van der Waals surface area (Å²) in [7, 11) is 0. The van der Waals surface area contributed by atoms with Crippen LogP contribution in [0.3, 0.4) is 0 Å². The van der Waals surface area contributed by atoms with Crippen molar-refractivity contribution in [2.24, 2.45) is 5.41 Å². The Morgan fingerprint density at radius 2 is 1.73 bits per heavy atom. The highest BCUT2D eigenvalue weighted by Crippen LogP contribution is 2.31. The van der Waals surface area contributed by atoms with Crippen molar-refractivity contribution in [3.63, 3.8) is 0 Å². The lowest BCUT2D eigenvalue weighted by Gasteiger charge is -2.27. The first-order chi connectivity index (χ1) is 17.7. The topological polar surface area (TPSA) is 82.5 Å². The van der Waals surface area contributed by atoms with E-state index in [1.807, 2.05) is 20.8 Å². The third-order valence-corrected chi connectivity index (χ3v) is 6.67. The van der Waals surface area contributed by atoms with Crippen molar-refractivity contribution in [3.8, 4) is 11.1 Å². The van der Waals surface area contributed by atoms with Crippen molar-refractivity contribution in [2.45, 2.75) is 40.2 Å². The van der Waals surface area contributed by atoms with Crippen LogP contribution in [0.4, 0.5) is 11.5 Å². The maximum Gasteiger partial charge on any atom is 0.335 e. The van der Waals surface area contributed by atoms with Gasteiger partial charge in [0, 0.05) is 30.2 Å². The van der Waals surface area contributed by atoms with Gasteiger partial charge in [-0.1, -0.05) is 51.1 Å². The number of anilines is 2. The third-order valence-electron chi connectivity index (χ3n) is 6.67. The van der Waals surface area contributed by atoms with E-state index in [0.717, 1.165) is 34.9 Å². The third kappa shape index (κ3) is 5.33. The zero-order valence-electron chi connectivity index (χ0n) is 21.4. The minimum absolute atomic E-state index is 0.0231.